The molecule has 2 N–H and O–H groups in total. The number of amides is 4. The molecule has 0 radical (unpaired) electrons. The first kappa shape index (κ1) is 18.9. The number of nitrogens with zero attached hydrogens (tertiary/aromatic N) is 2. The summed E-state index contributed by atoms with van der Waals surface area (Å²) in [5.74, 6) is -0.0399. The number of nitrogens with one attached hydrogen (secondary N) is 2. The number of likely N-dealkylation sites (N-methyl/N-ethyl adjacent to an activating group) is 1. The lowest BCUT2D eigenvalue weighted by Crippen LogP contribution is -2.47. The molecule has 1 unspecified atom stereocenters. The van der Waals surface area contributed by atoms with E-state index in [1.165, 1.54) is 4.90 Å². The summed E-state index contributed by atoms with van der Waals surface area (Å²) in [4.78, 5) is 40.9. The zero-order chi connectivity index (χ0) is 19.6. The lowest BCUT2D eigenvalue weighted by Gasteiger charge is -2.32. The van der Waals surface area contributed by atoms with Gasteiger partial charge in [-0.2, -0.15) is 0 Å². The van der Waals surface area contributed by atoms with E-state index in [0.717, 1.165) is 5.56 Å². The zero-order valence-corrected chi connectivity index (χ0v) is 16.0. The lowest BCUT2D eigenvalue weighted by molar-refractivity contribution is -0.132. The molecule has 0 saturated heterocycles. The Morgan fingerprint density at radius 3 is 2.59 bits per heavy atom. The van der Waals surface area contributed by atoms with Gasteiger partial charge < -0.3 is 15.5 Å². The fourth-order valence-electron chi connectivity index (χ4n) is 3.45. The fourth-order valence-corrected chi connectivity index (χ4v) is 3.45. The molecule has 7 heteroatoms. The largest absolute Gasteiger partial charge is 0.354 e. The van der Waals surface area contributed by atoms with Crippen LogP contribution in [0.25, 0.3) is 0 Å². The molecule has 144 valence electrons. The van der Waals surface area contributed by atoms with E-state index >= 15 is 0 Å². The van der Waals surface area contributed by atoms with Crippen molar-refractivity contribution >= 4 is 17.8 Å². The van der Waals surface area contributed by atoms with Crippen molar-refractivity contribution in [2.45, 2.75) is 26.8 Å². The van der Waals surface area contributed by atoms with Crippen molar-refractivity contribution in [3.8, 4) is 0 Å². The summed E-state index contributed by atoms with van der Waals surface area (Å²) < 4.78 is 0. The Bertz CT molecular complexity index is 773. The molecule has 3 rings (SSSR count). The van der Waals surface area contributed by atoms with Crippen molar-refractivity contribution in [1.29, 1.82) is 0 Å². The van der Waals surface area contributed by atoms with E-state index in [-0.39, 0.29) is 30.9 Å². The monoisotopic (exact) mass is 370 g/mol. The highest BCUT2D eigenvalue weighted by atomic mass is 16.2. The number of carbonyl (C=O) groups excluding carboxylic acids is 3. The van der Waals surface area contributed by atoms with Crippen LogP contribution in [0.3, 0.4) is 0 Å². The number of carbonyl (C=O) groups is 3. The van der Waals surface area contributed by atoms with Gasteiger partial charge in [-0.05, 0) is 18.4 Å². The summed E-state index contributed by atoms with van der Waals surface area (Å²) >= 11 is 0. The van der Waals surface area contributed by atoms with Gasteiger partial charge in [0.05, 0.1) is 23.9 Å². The zero-order valence-electron chi connectivity index (χ0n) is 16.0. The summed E-state index contributed by atoms with van der Waals surface area (Å²) in [5, 5.41) is 5.77. The minimum absolute atomic E-state index is 0.00813. The molecular weight excluding hydrogens is 344 g/mol. The van der Waals surface area contributed by atoms with Crippen molar-refractivity contribution in [3.63, 3.8) is 0 Å². The van der Waals surface area contributed by atoms with Crippen molar-refractivity contribution in [3.05, 3.63) is 47.2 Å². The summed E-state index contributed by atoms with van der Waals surface area (Å²) in [7, 11) is 0. The topological polar surface area (TPSA) is 81.8 Å². The molecule has 4 amide bonds. The highest BCUT2D eigenvalue weighted by molar-refractivity contribution is 6.03. The number of benzene rings is 1. The van der Waals surface area contributed by atoms with E-state index in [2.05, 4.69) is 10.6 Å². The van der Waals surface area contributed by atoms with E-state index < -0.39 is 6.04 Å². The average Bonchev–Trinajstić information content (AvgIpc) is 2.96. The summed E-state index contributed by atoms with van der Waals surface area (Å²) in [6, 6.07) is 8.72. The van der Waals surface area contributed by atoms with Crippen LogP contribution in [0, 0.1) is 5.92 Å². The minimum atomic E-state index is -0.493. The average molecular weight is 370 g/mol. The van der Waals surface area contributed by atoms with Crippen LogP contribution >= 0.6 is 0 Å². The lowest BCUT2D eigenvalue weighted by atomic mass is 9.95. The number of rotatable bonds is 6. The Hall–Kier alpha value is -2.83. The molecule has 0 spiro atoms. The third kappa shape index (κ3) is 3.82. The van der Waals surface area contributed by atoms with Gasteiger partial charge in [0.2, 0.25) is 5.91 Å². The van der Waals surface area contributed by atoms with Crippen molar-refractivity contribution in [1.82, 2.24) is 20.4 Å². The van der Waals surface area contributed by atoms with Crippen LogP contribution in [0.4, 0.5) is 4.79 Å². The Labute approximate surface area is 159 Å². The Morgan fingerprint density at radius 2 is 1.96 bits per heavy atom. The molecular formula is C20H26N4O3. The van der Waals surface area contributed by atoms with Crippen LogP contribution < -0.4 is 10.6 Å². The molecule has 27 heavy (non-hydrogen) atoms. The van der Waals surface area contributed by atoms with Crippen LogP contribution in [0.5, 0.6) is 0 Å². The first-order valence-corrected chi connectivity index (χ1v) is 9.34. The SMILES string of the molecule is CCN1C(=O)NC(c2ccccc2)C2=C1CN(CC(=O)NCC(C)C)C2=O. The van der Waals surface area contributed by atoms with Gasteiger partial charge in [0.1, 0.15) is 6.54 Å². The minimum Gasteiger partial charge on any atom is -0.354 e. The van der Waals surface area contributed by atoms with E-state index in [1.807, 2.05) is 51.1 Å². The van der Waals surface area contributed by atoms with E-state index in [9.17, 15) is 14.4 Å². The fraction of sp³-hybridized carbons (Fsp3) is 0.450. The maximum Gasteiger partial charge on any atom is 0.322 e. The molecule has 1 aromatic rings. The van der Waals surface area contributed by atoms with Crippen LogP contribution in [-0.2, 0) is 9.59 Å². The normalized spacial score (nSPS) is 19.5. The smallest absolute Gasteiger partial charge is 0.322 e. The predicted molar refractivity (Wildman–Crippen MR) is 102 cm³/mol. The standard InChI is InChI=1S/C20H26N4O3/c1-4-24-15-11-23(12-16(25)21-10-13(2)3)19(26)17(15)18(22-20(24)27)14-8-6-5-7-9-14/h5-9,13,18H,4,10-12H2,1-3H3,(H,21,25)(H,22,27). The Balaban J connectivity index is 1.84. The molecule has 0 bridgehead atoms. The van der Waals surface area contributed by atoms with E-state index in [0.29, 0.717) is 30.3 Å². The van der Waals surface area contributed by atoms with Crippen LogP contribution in [0.2, 0.25) is 0 Å². The quantitative estimate of drug-likeness (QED) is 0.799. The summed E-state index contributed by atoms with van der Waals surface area (Å²) in [6.45, 7) is 7.20. The van der Waals surface area contributed by atoms with Gasteiger partial charge in [-0.25, -0.2) is 4.79 Å². The molecule has 2 heterocycles. The molecule has 0 aromatic heterocycles. The highest BCUT2D eigenvalue weighted by Crippen LogP contribution is 2.35. The van der Waals surface area contributed by atoms with Crippen LogP contribution in [0.1, 0.15) is 32.4 Å². The maximum absolute atomic E-state index is 13.1. The first-order chi connectivity index (χ1) is 12.9. The van der Waals surface area contributed by atoms with Crippen molar-refractivity contribution in [2.75, 3.05) is 26.2 Å². The van der Waals surface area contributed by atoms with Gasteiger partial charge in [0.15, 0.2) is 0 Å². The second-order valence-electron chi connectivity index (χ2n) is 7.26. The second kappa shape index (κ2) is 7.82. The number of urea groups is 1. The van der Waals surface area contributed by atoms with Crippen LogP contribution in [-0.4, -0.2) is 53.8 Å². The third-order valence-electron chi connectivity index (χ3n) is 4.79. The molecule has 2 aliphatic rings. The predicted octanol–water partition coefficient (Wildman–Crippen LogP) is 1.64. The van der Waals surface area contributed by atoms with Gasteiger partial charge >= 0.3 is 6.03 Å². The first-order valence-electron chi connectivity index (χ1n) is 9.34. The molecule has 1 atom stereocenters. The molecule has 2 aliphatic heterocycles. The van der Waals surface area contributed by atoms with Gasteiger partial charge in [-0.3, -0.25) is 14.5 Å². The Morgan fingerprint density at radius 1 is 1.26 bits per heavy atom. The molecule has 0 saturated carbocycles. The van der Waals surface area contributed by atoms with Gasteiger partial charge in [0, 0.05) is 13.1 Å². The van der Waals surface area contributed by atoms with Gasteiger partial charge in [-0.15, -0.1) is 0 Å². The highest BCUT2D eigenvalue weighted by Gasteiger charge is 2.43. The molecule has 1 aromatic carbocycles. The van der Waals surface area contributed by atoms with Crippen molar-refractivity contribution < 1.29 is 14.4 Å². The number of hydrogen-bond acceptors (Lipinski definition) is 3. The second-order valence-corrected chi connectivity index (χ2v) is 7.26. The summed E-state index contributed by atoms with van der Waals surface area (Å²) in [6.07, 6.45) is 0. The third-order valence-corrected chi connectivity index (χ3v) is 4.79. The molecule has 0 fully saturated rings. The maximum atomic E-state index is 13.1. The van der Waals surface area contributed by atoms with Gasteiger partial charge in [-0.1, -0.05) is 44.2 Å². The summed E-state index contributed by atoms with van der Waals surface area (Å²) in [5.41, 5.74) is 2.10. The van der Waals surface area contributed by atoms with E-state index in [1.54, 1.807) is 4.90 Å². The van der Waals surface area contributed by atoms with Crippen molar-refractivity contribution in [2.24, 2.45) is 5.92 Å². The number of hydrogen-bond donors (Lipinski definition) is 2. The molecule has 0 aliphatic carbocycles. The van der Waals surface area contributed by atoms with Gasteiger partial charge in [0.25, 0.3) is 5.91 Å². The van der Waals surface area contributed by atoms with E-state index in [4.69, 9.17) is 0 Å². The van der Waals surface area contributed by atoms with Crippen LogP contribution in [0.15, 0.2) is 41.6 Å². The molecule has 7 nitrogen and oxygen atoms in total. The Kier molecular flexibility index (Phi) is 5.48.